The van der Waals surface area contributed by atoms with Crippen molar-refractivity contribution in [2.75, 3.05) is 6.61 Å². The zero-order valence-corrected chi connectivity index (χ0v) is 28.5. The summed E-state index contributed by atoms with van der Waals surface area (Å²) in [7, 11) is 0. The molecule has 222 valence electrons. The van der Waals surface area contributed by atoms with Crippen LogP contribution in [0.3, 0.4) is 0 Å². The fraction of sp³-hybridized carbons (Fsp3) is 0.121. The van der Waals surface area contributed by atoms with Gasteiger partial charge in [-0.15, -0.1) is 11.3 Å². The second-order valence-corrected chi connectivity index (χ2v) is 13.7. The zero-order chi connectivity index (χ0) is 30.8. The lowest BCUT2D eigenvalue weighted by Crippen LogP contribution is -2.39. The Kier molecular flexibility index (Phi) is 9.26. The molecule has 0 unspecified atom stereocenters. The van der Waals surface area contributed by atoms with Crippen molar-refractivity contribution in [3.63, 3.8) is 0 Å². The number of halogens is 3. The van der Waals surface area contributed by atoms with Gasteiger partial charge in [0.2, 0.25) is 0 Å². The molecule has 5 aromatic rings. The molecule has 6 rings (SSSR count). The van der Waals surface area contributed by atoms with Crippen LogP contribution in [0.15, 0.2) is 104 Å². The van der Waals surface area contributed by atoms with Crippen LogP contribution in [0.4, 0.5) is 4.39 Å². The number of aromatic nitrogens is 1. The van der Waals surface area contributed by atoms with Gasteiger partial charge in [0.05, 0.1) is 26.0 Å². The number of nitrogens with zero attached hydrogens (tertiary/aromatic N) is 2. The standard InChI is InChI=1S/C33H23BrFIN2O4S2/c1-2-41-32(40)27-28(19-9-4-3-5-10-19)37-33-38(29(27)25-13-8-14-43-25)31(39)26(44-33)16-21-15-22(34)17-24(36)30(21)42-18-20-11-6-7-12-23(20)35/h3-17,29H,2,18H2,1H3/b26-16-/t29-/m0/s1. The van der Waals surface area contributed by atoms with E-state index in [1.165, 1.54) is 28.7 Å². The largest absolute Gasteiger partial charge is 0.487 e. The smallest absolute Gasteiger partial charge is 0.338 e. The molecule has 0 N–H and O–H groups in total. The highest BCUT2D eigenvalue weighted by Gasteiger charge is 2.35. The fourth-order valence-corrected chi connectivity index (χ4v) is 8.42. The Bertz CT molecular complexity index is 2070. The summed E-state index contributed by atoms with van der Waals surface area (Å²) in [6, 6.07) is 22.7. The average molecular weight is 801 g/mol. The van der Waals surface area contributed by atoms with Gasteiger partial charge in [-0.2, -0.15) is 0 Å². The molecule has 0 radical (unpaired) electrons. The Balaban J connectivity index is 1.54. The van der Waals surface area contributed by atoms with Gasteiger partial charge in [-0.1, -0.05) is 81.9 Å². The van der Waals surface area contributed by atoms with Crippen LogP contribution in [-0.4, -0.2) is 17.1 Å². The Morgan fingerprint density at radius 1 is 1.11 bits per heavy atom. The monoisotopic (exact) mass is 800 g/mol. The summed E-state index contributed by atoms with van der Waals surface area (Å²) in [4.78, 5) is 33.9. The molecule has 44 heavy (non-hydrogen) atoms. The van der Waals surface area contributed by atoms with E-state index in [9.17, 15) is 14.0 Å². The van der Waals surface area contributed by atoms with Gasteiger partial charge in [-0.25, -0.2) is 14.2 Å². The number of esters is 1. The van der Waals surface area contributed by atoms with Crippen molar-refractivity contribution in [2.45, 2.75) is 19.6 Å². The van der Waals surface area contributed by atoms with E-state index >= 15 is 0 Å². The number of ether oxygens (including phenoxy) is 2. The molecule has 3 aromatic carbocycles. The minimum absolute atomic E-state index is 0.0219. The van der Waals surface area contributed by atoms with E-state index in [0.29, 0.717) is 37.5 Å². The highest BCUT2D eigenvalue weighted by atomic mass is 127. The van der Waals surface area contributed by atoms with Gasteiger partial charge in [-0.05, 0) is 65.2 Å². The maximum Gasteiger partial charge on any atom is 0.338 e. The number of hydrogen-bond donors (Lipinski definition) is 0. The maximum atomic E-state index is 14.3. The molecule has 11 heteroatoms. The van der Waals surface area contributed by atoms with Gasteiger partial charge in [0.15, 0.2) is 4.80 Å². The molecule has 6 nitrogen and oxygen atoms in total. The van der Waals surface area contributed by atoms with Crippen LogP contribution < -0.4 is 19.6 Å². The van der Waals surface area contributed by atoms with E-state index in [1.807, 2.05) is 60.0 Å². The van der Waals surface area contributed by atoms with Crippen molar-refractivity contribution in [2.24, 2.45) is 4.99 Å². The quantitative estimate of drug-likeness (QED) is 0.124. The van der Waals surface area contributed by atoms with Gasteiger partial charge < -0.3 is 9.47 Å². The Morgan fingerprint density at radius 3 is 2.61 bits per heavy atom. The normalized spacial score (nSPS) is 14.7. The molecule has 0 bridgehead atoms. The lowest BCUT2D eigenvalue weighted by Gasteiger charge is -2.24. The molecule has 0 saturated heterocycles. The van der Waals surface area contributed by atoms with Crippen LogP contribution >= 0.6 is 61.2 Å². The number of thiophene rings is 1. The van der Waals surface area contributed by atoms with Crippen LogP contribution in [0.2, 0.25) is 0 Å². The minimum Gasteiger partial charge on any atom is -0.487 e. The van der Waals surface area contributed by atoms with Crippen LogP contribution in [0.5, 0.6) is 5.75 Å². The van der Waals surface area contributed by atoms with Crippen molar-refractivity contribution in [1.29, 1.82) is 0 Å². The first-order valence-corrected chi connectivity index (χ1v) is 17.1. The third-order valence-electron chi connectivity index (χ3n) is 6.84. The van der Waals surface area contributed by atoms with Crippen molar-refractivity contribution in [1.82, 2.24) is 4.57 Å². The van der Waals surface area contributed by atoms with Crippen molar-refractivity contribution in [3.05, 3.63) is 145 Å². The summed E-state index contributed by atoms with van der Waals surface area (Å²) in [6.07, 6.45) is 1.76. The van der Waals surface area contributed by atoms with E-state index < -0.39 is 12.0 Å². The number of carbonyl (C=O) groups excluding carboxylic acids is 1. The molecule has 3 heterocycles. The first-order valence-electron chi connectivity index (χ1n) is 13.5. The van der Waals surface area contributed by atoms with Gasteiger partial charge in [0.25, 0.3) is 5.56 Å². The predicted octanol–water partition coefficient (Wildman–Crippen LogP) is 7.08. The molecule has 1 aliphatic heterocycles. The van der Waals surface area contributed by atoms with Crippen LogP contribution in [-0.2, 0) is 16.1 Å². The fourth-order valence-electron chi connectivity index (χ4n) is 4.90. The van der Waals surface area contributed by atoms with Crippen LogP contribution in [0.1, 0.15) is 34.5 Å². The van der Waals surface area contributed by atoms with Gasteiger partial charge in [0, 0.05) is 26.0 Å². The molecular formula is C33H23BrFIN2O4S2. The van der Waals surface area contributed by atoms with Crippen molar-refractivity contribution >= 4 is 78.9 Å². The Hall–Kier alpha value is -3.39. The molecule has 0 saturated carbocycles. The number of carbonyl (C=O) groups is 1. The highest BCUT2D eigenvalue weighted by Crippen LogP contribution is 2.37. The van der Waals surface area contributed by atoms with Gasteiger partial charge in [-0.3, -0.25) is 9.36 Å². The lowest BCUT2D eigenvalue weighted by atomic mass is 9.97. The number of hydrogen-bond acceptors (Lipinski definition) is 7. The average Bonchev–Trinajstić information content (AvgIpc) is 3.65. The second-order valence-electron chi connectivity index (χ2n) is 9.63. The summed E-state index contributed by atoms with van der Waals surface area (Å²) in [5.41, 5.74) is 2.31. The molecule has 0 spiro atoms. The summed E-state index contributed by atoms with van der Waals surface area (Å²) >= 11 is 8.41. The minimum atomic E-state index is -0.720. The van der Waals surface area contributed by atoms with Gasteiger partial charge >= 0.3 is 5.97 Å². The second kappa shape index (κ2) is 13.3. The van der Waals surface area contributed by atoms with Crippen molar-refractivity contribution < 1.29 is 18.7 Å². The topological polar surface area (TPSA) is 69.9 Å². The van der Waals surface area contributed by atoms with E-state index in [4.69, 9.17) is 14.5 Å². The van der Waals surface area contributed by atoms with E-state index in [2.05, 4.69) is 38.5 Å². The molecule has 0 fully saturated rings. The Morgan fingerprint density at radius 2 is 1.89 bits per heavy atom. The number of rotatable bonds is 8. The Labute approximate surface area is 282 Å². The summed E-state index contributed by atoms with van der Waals surface area (Å²) in [5, 5.41) is 1.92. The first kappa shape index (κ1) is 30.6. The lowest BCUT2D eigenvalue weighted by molar-refractivity contribution is -0.138. The third-order valence-corrected chi connectivity index (χ3v) is 10.0. The van der Waals surface area contributed by atoms with E-state index in [0.717, 1.165) is 18.5 Å². The number of thiazole rings is 1. The molecule has 0 amide bonds. The van der Waals surface area contributed by atoms with Crippen LogP contribution in [0, 0.1) is 9.39 Å². The highest BCUT2D eigenvalue weighted by molar-refractivity contribution is 14.1. The summed E-state index contributed by atoms with van der Waals surface area (Å²) in [5.74, 6) is -0.349. The number of benzene rings is 3. The first-order chi connectivity index (χ1) is 21.4. The summed E-state index contributed by atoms with van der Waals surface area (Å²) < 4.78 is 29.6. The number of fused-ring (bicyclic) bond motifs is 1. The third kappa shape index (κ3) is 6.10. The van der Waals surface area contributed by atoms with Crippen molar-refractivity contribution in [3.8, 4) is 5.75 Å². The molecule has 1 atom stereocenters. The predicted molar refractivity (Wildman–Crippen MR) is 183 cm³/mol. The van der Waals surface area contributed by atoms with Gasteiger partial charge in [0.1, 0.15) is 24.2 Å². The molecule has 2 aromatic heterocycles. The molecule has 0 aliphatic carbocycles. The molecule has 1 aliphatic rings. The maximum absolute atomic E-state index is 14.3. The summed E-state index contributed by atoms with van der Waals surface area (Å²) in [6.45, 7) is 1.96. The SMILES string of the molecule is CCOC(=O)C1=C(c2ccccc2)N=c2s/c(=C\c3cc(Br)cc(I)c3OCc3ccccc3F)c(=O)n2[C@H]1c1cccs1. The van der Waals surface area contributed by atoms with E-state index in [-0.39, 0.29) is 24.6 Å². The van der Waals surface area contributed by atoms with E-state index in [1.54, 1.807) is 35.8 Å². The van der Waals surface area contributed by atoms with Crippen LogP contribution in [0.25, 0.3) is 11.8 Å². The zero-order valence-electron chi connectivity index (χ0n) is 23.1. The molecular weight excluding hydrogens is 778 g/mol.